The zero-order valence-corrected chi connectivity index (χ0v) is 12.6. The summed E-state index contributed by atoms with van der Waals surface area (Å²) in [6.07, 6.45) is 1.08. The average molecular weight is 283 g/mol. The first-order valence-corrected chi connectivity index (χ1v) is 7.47. The Hall–Kier alpha value is -2.00. The highest BCUT2D eigenvalue weighted by Crippen LogP contribution is 2.32. The molecule has 0 saturated carbocycles. The molecule has 21 heavy (non-hydrogen) atoms. The Morgan fingerprint density at radius 2 is 1.71 bits per heavy atom. The van der Waals surface area contributed by atoms with Gasteiger partial charge in [0.2, 0.25) is 6.79 Å². The van der Waals surface area contributed by atoms with Gasteiger partial charge in [0, 0.05) is 12.6 Å². The summed E-state index contributed by atoms with van der Waals surface area (Å²) in [6, 6.07) is 15.2. The summed E-state index contributed by atoms with van der Waals surface area (Å²) in [6.45, 7) is 5.50. The minimum atomic E-state index is 0.321. The lowest BCUT2D eigenvalue weighted by Gasteiger charge is -2.15. The van der Waals surface area contributed by atoms with E-state index < -0.39 is 0 Å². The molecule has 2 aromatic carbocycles. The summed E-state index contributed by atoms with van der Waals surface area (Å²) >= 11 is 0. The van der Waals surface area contributed by atoms with Gasteiger partial charge in [0.05, 0.1) is 0 Å². The van der Waals surface area contributed by atoms with Crippen molar-refractivity contribution in [3.05, 3.63) is 59.2 Å². The van der Waals surface area contributed by atoms with Crippen LogP contribution in [0.25, 0.3) is 0 Å². The molecule has 3 nitrogen and oxygen atoms in total. The number of benzene rings is 2. The number of fused-ring (bicyclic) bond motifs is 1. The maximum absolute atomic E-state index is 5.41. The number of nitrogens with one attached hydrogen (secondary N) is 1. The molecule has 2 aromatic rings. The van der Waals surface area contributed by atoms with Crippen LogP contribution in [0.3, 0.4) is 0 Å². The van der Waals surface area contributed by atoms with Crippen LogP contribution in [-0.2, 0) is 13.0 Å². The smallest absolute Gasteiger partial charge is 0.231 e. The minimum Gasteiger partial charge on any atom is -0.454 e. The van der Waals surface area contributed by atoms with Crippen LogP contribution in [-0.4, -0.2) is 6.79 Å². The van der Waals surface area contributed by atoms with Gasteiger partial charge in [-0.05, 0) is 42.2 Å². The lowest BCUT2D eigenvalue weighted by atomic mass is 10.0. The first-order chi connectivity index (χ1) is 10.3. The van der Waals surface area contributed by atoms with Gasteiger partial charge in [-0.15, -0.1) is 0 Å². The van der Waals surface area contributed by atoms with E-state index in [0.29, 0.717) is 12.8 Å². The van der Waals surface area contributed by atoms with Crippen molar-refractivity contribution in [1.82, 2.24) is 5.32 Å². The second-order valence-corrected chi connectivity index (χ2v) is 5.39. The van der Waals surface area contributed by atoms with Gasteiger partial charge >= 0.3 is 0 Å². The zero-order valence-electron chi connectivity index (χ0n) is 12.6. The molecule has 1 atom stereocenters. The molecule has 1 aliphatic rings. The molecule has 0 amide bonds. The van der Waals surface area contributed by atoms with E-state index in [1.54, 1.807) is 0 Å². The molecule has 1 heterocycles. The molecular formula is C18H21NO2. The Morgan fingerprint density at radius 3 is 2.48 bits per heavy atom. The van der Waals surface area contributed by atoms with Crippen molar-refractivity contribution in [1.29, 1.82) is 0 Å². The summed E-state index contributed by atoms with van der Waals surface area (Å²) < 4.78 is 10.7. The summed E-state index contributed by atoms with van der Waals surface area (Å²) in [5.74, 6) is 1.68. The third-order valence-corrected chi connectivity index (χ3v) is 3.94. The van der Waals surface area contributed by atoms with E-state index in [2.05, 4.69) is 49.5 Å². The molecule has 0 spiro atoms. The molecule has 1 unspecified atom stereocenters. The van der Waals surface area contributed by atoms with Gasteiger partial charge in [-0.1, -0.05) is 37.3 Å². The summed E-state index contributed by atoms with van der Waals surface area (Å²) in [5.41, 5.74) is 3.89. The number of rotatable bonds is 5. The summed E-state index contributed by atoms with van der Waals surface area (Å²) in [7, 11) is 0. The van der Waals surface area contributed by atoms with Crippen LogP contribution in [0.4, 0.5) is 0 Å². The van der Waals surface area contributed by atoms with Crippen molar-refractivity contribution < 1.29 is 9.47 Å². The number of hydrogen-bond acceptors (Lipinski definition) is 3. The first-order valence-electron chi connectivity index (χ1n) is 7.47. The molecule has 1 N–H and O–H groups in total. The molecular weight excluding hydrogens is 262 g/mol. The highest BCUT2D eigenvalue weighted by atomic mass is 16.7. The van der Waals surface area contributed by atoms with Crippen LogP contribution < -0.4 is 14.8 Å². The van der Waals surface area contributed by atoms with Gasteiger partial charge in [-0.3, -0.25) is 0 Å². The largest absolute Gasteiger partial charge is 0.454 e. The van der Waals surface area contributed by atoms with E-state index in [-0.39, 0.29) is 0 Å². The zero-order chi connectivity index (χ0) is 14.7. The second-order valence-electron chi connectivity index (χ2n) is 5.39. The standard InChI is InChI=1S/C18H21NO2/c1-3-14-4-7-16(8-5-14)13(2)19-11-15-6-9-17-18(10-15)21-12-20-17/h4-10,13,19H,3,11-12H2,1-2H3. The molecule has 0 aliphatic carbocycles. The van der Waals surface area contributed by atoms with Crippen molar-refractivity contribution in [2.24, 2.45) is 0 Å². The van der Waals surface area contributed by atoms with Crippen LogP contribution in [0.15, 0.2) is 42.5 Å². The molecule has 0 saturated heterocycles. The highest BCUT2D eigenvalue weighted by Gasteiger charge is 2.13. The van der Waals surface area contributed by atoms with Crippen LogP contribution in [0.2, 0.25) is 0 Å². The fourth-order valence-corrected chi connectivity index (χ4v) is 2.48. The number of ether oxygens (including phenoxy) is 2. The van der Waals surface area contributed by atoms with Crippen molar-refractivity contribution in [2.45, 2.75) is 32.9 Å². The van der Waals surface area contributed by atoms with Gasteiger partial charge in [0.25, 0.3) is 0 Å². The molecule has 1 aliphatic heterocycles. The summed E-state index contributed by atoms with van der Waals surface area (Å²) in [5, 5.41) is 3.55. The minimum absolute atomic E-state index is 0.321. The van der Waals surface area contributed by atoms with E-state index in [9.17, 15) is 0 Å². The molecule has 0 radical (unpaired) electrons. The van der Waals surface area contributed by atoms with Crippen LogP contribution in [0, 0.1) is 0 Å². The van der Waals surface area contributed by atoms with Gasteiger partial charge in [0.15, 0.2) is 11.5 Å². The van der Waals surface area contributed by atoms with E-state index in [4.69, 9.17) is 9.47 Å². The van der Waals surface area contributed by atoms with Gasteiger partial charge < -0.3 is 14.8 Å². The molecule has 0 aromatic heterocycles. The predicted molar refractivity (Wildman–Crippen MR) is 83.6 cm³/mol. The molecule has 0 fully saturated rings. The first kappa shape index (κ1) is 14.0. The fourth-order valence-electron chi connectivity index (χ4n) is 2.48. The van der Waals surface area contributed by atoms with Crippen molar-refractivity contribution in [2.75, 3.05) is 6.79 Å². The quantitative estimate of drug-likeness (QED) is 0.904. The summed E-state index contributed by atoms with van der Waals surface area (Å²) in [4.78, 5) is 0. The van der Waals surface area contributed by atoms with Gasteiger partial charge in [-0.25, -0.2) is 0 Å². The van der Waals surface area contributed by atoms with Crippen molar-refractivity contribution in [3.63, 3.8) is 0 Å². The van der Waals surface area contributed by atoms with Crippen LogP contribution >= 0.6 is 0 Å². The second kappa shape index (κ2) is 6.19. The molecule has 110 valence electrons. The predicted octanol–water partition coefficient (Wildman–Crippen LogP) is 3.83. The Labute approximate surface area is 125 Å². The van der Waals surface area contributed by atoms with Crippen LogP contribution in [0.1, 0.15) is 36.6 Å². The van der Waals surface area contributed by atoms with Gasteiger partial charge in [-0.2, -0.15) is 0 Å². The van der Waals surface area contributed by atoms with Gasteiger partial charge in [0.1, 0.15) is 0 Å². The number of aryl methyl sites for hydroxylation is 1. The third kappa shape index (κ3) is 3.19. The lowest BCUT2D eigenvalue weighted by Crippen LogP contribution is -2.18. The average Bonchev–Trinajstić information content (AvgIpc) is 3.00. The van der Waals surface area contributed by atoms with Crippen LogP contribution in [0.5, 0.6) is 11.5 Å². The molecule has 0 bridgehead atoms. The van der Waals surface area contributed by atoms with Crippen molar-refractivity contribution in [3.8, 4) is 11.5 Å². The Morgan fingerprint density at radius 1 is 1.00 bits per heavy atom. The van der Waals surface area contributed by atoms with Crippen molar-refractivity contribution >= 4 is 0 Å². The maximum atomic E-state index is 5.41. The Balaban J connectivity index is 1.61. The lowest BCUT2D eigenvalue weighted by molar-refractivity contribution is 0.174. The fraction of sp³-hybridized carbons (Fsp3) is 0.333. The normalized spacial score (nSPS) is 14.2. The topological polar surface area (TPSA) is 30.5 Å². The van der Waals surface area contributed by atoms with E-state index in [1.165, 1.54) is 16.7 Å². The van der Waals surface area contributed by atoms with E-state index >= 15 is 0 Å². The third-order valence-electron chi connectivity index (χ3n) is 3.94. The molecule has 3 heteroatoms. The molecule has 3 rings (SSSR count). The monoisotopic (exact) mass is 283 g/mol. The Kier molecular flexibility index (Phi) is 4.11. The number of hydrogen-bond donors (Lipinski definition) is 1. The highest BCUT2D eigenvalue weighted by molar-refractivity contribution is 5.44. The maximum Gasteiger partial charge on any atom is 0.231 e. The van der Waals surface area contributed by atoms with E-state index in [1.807, 2.05) is 12.1 Å². The SMILES string of the molecule is CCc1ccc(C(C)NCc2ccc3c(c2)OCO3)cc1. The Bertz CT molecular complexity index is 607. The van der Waals surface area contributed by atoms with E-state index in [0.717, 1.165) is 24.5 Å².